The number of fused-ring (bicyclic) bond motifs is 5. The van der Waals surface area contributed by atoms with Crippen LogP contribution in [0.5, 0.6) is 0 Å². The van der Waals surface area contributed by atoms with Gasteiger partial charge in [0.15, 0.2) is 0 Å². The van der Waals surface area contributed by atoms with E-state index >= 15 is 0 Å². The summed E-state index contributed by atoms with van der Waals surface area (Å²) in [6.07, 6.45) is 10.7. The molecule has 0 spiro atoms. The van der Waals surface area contributed by atoms with Crippen LogP contribution >= 0.6 is 0 Å². The van der Waals surface area contributed by atoms with Crippen molar-refractivity contribution in [2.24, 2.45) is 46.3 Å². The molecule has 0 amide bonds. The van der Waals surface area contributed by atoms with E-state index in [9.17, 15) is 14.7 Å². The van der Waals surface area contributed by atoms with Crippen molar-refractivity contribution >= 4 is 11.9 Å². The molecule has 0 aliphatic heterocycles. The molecule has 0 unspecified atom stereocenters. The van der Waals surface area contributed by atoms with Gasteiger partial charge in [0.1, 0.15) is 17.8 Å². The highest BCUT2D eigenvalue weighted by molar-refractivity contribution is 5.66. The number of hydrogen-bond donors (Lipinski definition) is 1. The normalized spacial score (nSPS) is 44.8. The summed E-state index contributed by atoms with van der Waals surface area (Å²) < 4.78 is 11.5. The van der Waals surface area contributed by atoms with Gasteiger partial charge in [0.05, 0.1) is 0 Å². The number of carbonyl (C=O) groups excluding carboxylic acids is 2. The Morgan fingerprint density at radius 2 is 1.61 bits per heavy atom. The maximum absolute atomic E-state index is 12.3. The van der Waals surface area contributed by atoms with Gasteiger partial charge < -0.3 is 14.6 Å². The maximum Gasteiger partial charge on any atom is 0.303 e. The number of rotatable bonds is 7. The first-order valence-corrected chi connectivity index (χ1v) is 14.9. The Labute approximate surface area is 219 Å². The van der Waals surface area contributed by atoms with E-state index in [0.29, 0.717) is 29.6 Å². The van der Waals surface area contributed by atoms with Crippen molar-refractivity contribution in [3.05, 3.63) is 0 Å². The van der Waals surface area contributed by atoms with Gasteiger partial charge in [-0.1, -0.05) is 53.9 Å². The van der Waals surface area contributed by atoms with E-state index in [1.807, 2.05) is 0 Å². The molecular weight excluding hydrogens is 452 g/mol. The lowest BCUT2D eigenvalue weighted by Gasteiger charge is -2.65. The zero-order valence-corrected chi connectivity index (χ0v) is 24.0. The molecule has 0 saturated heterocycles. The van der Waals surface area contributed by atoms with Crippen molar-refractivity contribution in [3.8, 4) is 0 Å². The van der Waals surface area contributed by atoms with E-state index in [2.05, 4.69) is 34.6 Å². The van der Waals surface area contributed by atoms with Gasteiger partial charge in [0.25, 0.3) is 0 Å². The summed E-state index contributed by atoms with van der Waals surface area (Å²) in [6, 6.07) is 0. The van der Waals surface area contributed by atoms with E-state index in [4.69, 9.17) is 9.47 Å². The fourth-order valence-electron chi connectivity index (χ4n) is 9.92. The molecule has 4 aliphatic rings. The second-order valence-electron chi connectivity index (χ2n) is 14.1. The van der Waals surface area contributed by atoms with Crippen LogP contribution in [0.4, 0.5) is 0 Å². The molecule has 0 aromatic carbocycles. The Balaban J connectivity index is 1.59. The first-order chi connectivity index (χ1) is 16.8. The molecule has 10 atom stereocenters. The lowest BCUT2D eigenvalue weighted by molar-refractivity contribution is -0.271. The van der Waals surface area contributed by atoms with Crippen molar-refractivity contribution in [2.75, 3.05) is 0 Å². The quantitative estimate of drug-likeness (QED) is 0.391. The molecule has 206 valence electrons. The Morgan fingerprint density at radius 3 is 2.25 bits per heavy atom. The van der Waals surface area contributed by atoms with Gasteiger partial charge in [-0.15, -0.1) is 0 Å². The lowest BCUT2D eigenvalue weighted by Crippen LogP contribution is -2.69. The highest BCUT2D eigenvalue weighted by Gasteiger charge is 2.68. The predicted molar refractivity (Wildman–Crippen MR) is 141 cm³/mol. The number of carbonyl (C=O) groups is 2. The zero-order chi connectivity index (χ0) is 26.5. The Bertz CT molecular complexity index is 824. The van der Waals surface area contributed by atoms with Crippen molar-refractivity contribution in [2.45, 2.75) is 137 Å². The Morgan fingerprint density at radius 1 is 0.917 bits per heavy atom. The summed E-state index contributed by atoms with van der Waals surface area (Å²) in [4.78, 5) is 23.9. The summed E-state index contributed by atoms with van der Waals surface area (Å²) in [6.45, 7) is 14.8. The van der Waals surface area contributed by atoms with Crippen LogP contribution in [0.15, 0.2) is 0 Å². The van der Waals surface area contributed by atoms with Crippen LogP contribution in [-0.4, -0.2) is 34.9 Å². The van der Waals surface area contributed by atoms with Crippen molar-refractivity contribution in [1.82, 2.24) is 0 Å². The monoisotopic (exact) mass is 504 g/mol. The molecule has 0 aromatic rings. The van der Waals surface area contributed by atoms with Crippen LogP contribution in [0.25, 0.3) is 0 Å². The van der Waals surface area contributed by atoms with E-state index in [-0.39, 0.29) is 23.5 Å². The standard InChI is InChI=1S/C31H52O5/c1-19(2)9-8-10-20(3)25-11-12-26-24-17-28(36-22(5)33)31(34)18-23(35-21(4)32)13-16-30(31,7)27(24)14-15-29(25,26)6/h19-20,23-28,34H,8-18H2,1-7H3/t20-,23+,24-,25-,26+,27+,28-,29-,30-,31+/m1/s1. The van der Waals surface area contributed by atoms with Crippen LogP contribution in [0.1, 0.15) is 119 Å². The fourth-order valence-corrected chi connectivity index (χ4v) is 9.92. The molecule has 0 radical (unpaired) electrons. The zero-order valence-electron chi connectivity index (χ0n) is 24.0. The highest BCUT2D eigenvalue weighted by atomic mass is 16.6. The third-order valence-electron chi connectivity index (χ3n) is 11.6. The fraction of sp³-hybridized carbons (Fsp3) is 0.935. The minimum atomic E-state index is -1.16. The number of ether oxygens (including phenoxy) is 2. The van der Waals surface area contributed by atoms with E-state index in [1.165, 1.54) is 52.4 Å². The number of aliphatic hydroxyl groups is 1. The second kappa shape index (κ2) is 10.2. The molecule has 0 heterocycles. The molecular formula is C31H52O5. The Kier molecular flexibility index (Phi) is 7.93. The van der Waals surface area contributed by atoms with Gasteiger partial charge >= 0.3 is 11.9 Å². The summed E-state index contributed by atoms with van der Waals surface area (Å²) >= 11 is 0. The number of hydrogen-bond acceptors (Lipinski definition) is 5. The molecule has 0 aromatic heterocycles. The molecule has 1 N–H and O–H groups in total. The molecule has 5 heteroatoms. The van der Waals surface area contributed by atoms with Crippen molar-refractivity contribution in [1.29, 1.82) is 0 Å². The summed E-state index contributed by atoms with van der Waals surface area (Å²) in [7, 11) is 0. The predicted octanol–water partition coefficient (Wildman–Crippen LogP) is 6.70. The smallest absolute Gasteiger partial charge is 0.303 e. The second-order valence-corrected chi connectivity index (χ2v) is 14.1. The minimum Gasteiger partial charge on any atom is -0.462 e. The van der Waals surface area contributed by atoms with Gasteiger partial charge in [-0.2, -0.15) is 0 Å². The van der Waals surface area contributed by atoms with Gasteiger partial charge in [0.2, 0.25) is 0 Å². The first kappa shape index (κ1) is 27.9. The average molecular weight is 505 g/mol. The molecule has 0 bridgehead atoms. The van der Waals surface area contributed by atoms with Gasteiger partial charge in [-0.3, -0.25) is 9.59 Å². The van der Waals surface area contributed by atoms with Crippen LogP contribution < -0.4 is 0 Å². The summed E-state index contributed by atoms with van der Waals surface area (Å²) in [5, 5.41) is 12.3. The summed E-state index contributed by atoms with van der Waals surface area (Å²) in [5.41, 5.74) is -1.16. The third kappa shape index (κ3) is 4.76. The molecule has 36 heavy (non-hydrogen) atoms. The largest absolute Gasteiger partial charge is 0.462 e. The molecule has 4 aliphatic carbocycles. The summed E-state index contributed by atoms with van der Waals surface area (Å²) in [5.74, 6) is 3.15. The van der Waals surface area contributed by atoms with Crippen LogP contribution in [0, 0.1) is 46.3 Å². The Hall–Kier alpha value is -1.10. The third-order valence-corrected chi connectivity index (χ3v) is 11.6. The number of esters is 2. The van der Waals surface area contributed by atoms with E-state index in [1.54, 1.807) is 0 Å². The first-order valence-electron chi connectivity index (χ1n) is 14.9. The van der Waals surface area contributed by atoms with Crippen LogP contribution in [0.2, 0.25) is 0 Å². The molecule has 4 saturated carbocycles. The lowest BCUT2D eigenvalue weighted by atomic mass is 9.42. The van der Waals surface area contributed by atoms with Crippen LogP contribution in [-0.2, 0) is 19.1 Å². The average Bonchev–Trinajstić information content (AvgIpc) is 3.12. The minimum absolute atomic E-state index is 0.308. The molecule has 4 fully saturated rings. The van der Waals surface area contributed by atoms with E-state index in [0.717, 1.165) is 43.4 Å². The van der Waals surface area contributed by atoms with Gasteiger partial charge in [0, 0.05) is 25.7 Å². The molecule has 5 nitrogen and oxygen atoms in total. The van der Waals surface area contributed by atoms with Crippen molar-refractivity contribution in [3.63, 3.8) is 0 Å². The highest BCUT2D eigenvalue weighted by Crippen LogP contribution is 2.69. The topological polar surface area (TPSA) is 72.8 Å². The van der Waals surface area contributed by atoms with Gasteiger partial charge in [-0.05, 0) is 85.9 Å². The van der Waals surface area contributed by atoms with Crippen LogP contribution in [0.3, 0.4) is 0 Å². The van der Waals surface area contributed by atoms with Crippen molar-refractivity contribution < 1.29 is 24.2 Å². The van der Waals surface area contributed by atoms with E-state index < -0.39 is 11.7 Å². The van der Waals surface area contributed by atoms with Gasteiger partial charge in [-0.25, -0.2) is 0 Å². The SMILES string of the molecule is CC(=O)O[C@H]1CC[C@]2(C)[C@H]3CC[C@]4(C)[C@@H]([C@H](C)CCCC(C)C)CC[C@H]4[C@H]3C[C@@H](OC(C)=O)[C@@]2(O)C1. The maximum atomic E-state index is 12.3. The molecule has 4 rings (SSSR count).